The van der Waals surface area contributed by atoms with Crippen molar-refractivity contribution in [3.05, 3.63) is 0 Å². The van der Waals surface area contributed by atoms with Crippen LogP contribution < -0.4 is 0 Å². The monoisotopic (exact) mass is 125 g/mol. The minimum atomic E-state index is -2.92. The molecule has 0 aromatic heterocycles. The van der Waals surface area contributed by atoms with Crippen molar-refractivity contribution in [3.63, 3.8) is 0 Å². The summed E-state index contributed by atoms with van der Waals surface area (Å²) in [5.74, 6) is 0. The highest BCUT2D eigenvalue weighted by Gasteiger charge is 2.24. The SMILES string of the molecule is CCO[P+](C)(O)O. The van der Waals surface area contributed by atoms with E-state index in [2.05, 4.69) is 4.52 Å². The molecule has 0 radical (unpaired) electrons. The number of hydrogen-bond acceptors (Lipinski definition) is 3. The normalized spacial score (nSPS) is 12.0. The molecule has 0 unspecified atom stereocenters. The minimum Gasteiger partial charge on any atom is -0.193 e. The maximum atomic E-state index is 8.46. The summed E-state index contributed by atoms with van der Waals surface area (Å²) >= 11 is 0. The Morgan fingerprint density at radius 2 is 2.00 bits per heavy atom. The van der Waals surface area contributed by atoms with Gasteiger partial charge >= 0.3 is 7.94 Å². The first-order valence-corrected chi connectivity index (χ1v) is 4.09. The Balaban J connectivity index is 3.15. The minimum absolute atomic E-state index is 0.358. The van der Waals surface area contributed by atoms with Gasteiger partial charge in [-0.3, -0.25) is 0 Å². The van der Waals surface area contributed by atoms with Gasteiger partial charge in [0.2, 0.25) is 0 Å². The van der Waals surface area contributed by atoms with Crippen LogP contribution in [0.15, 0.2) is 0 Å². The summed E-state index contributed by atoms with van der Waals surface area (Å²) in [7, 11) is -2.92. The topological polar surface area (TPSA) is 49.7 Å². The van der Waals surface area contributed by atoms with E-state index in [-0.39, 0.29) is 0 Å². The van der Waals surface area contributed by atoms with Gasteiger partial charge in [0, 0.05) is 0 Å². The van der Waals surface area contributed by atoms with Crippen LogP contribution in [0.4, 0.5) is 0 Å². The molecule has 0 bridgehead atoms. The van der Waals surface area contributed by atoms with E-state index in [1.54, 1.807) is 6.92 Å². The first-order valence-electron chi connectivity index (χ1n) is 2.03. The molecular formula is C3H10O3P+. The quantitative estimate of drug-likeness (QED) is 0.525. The van der Waals surface area contributed by atoms with Gasteiger partial charge in [-0.15, -0.1) is 0 Å². The van der Waals surface area contributed by atoms with Crippen LogP contribution in [0.1, 0.15) is 6.92 Å². The third-order valence-electron chi connectivity index (χ3n) is 0.374. The molecule has 0 spiro atoms. The molecule has 0 aliphatic rings. The van der Waals surface area contributed by atoms with Gasteiger partial charge in [0.1, 0.15) is 6.66 Å². The molecule has 0 amide bonds. The van der Waals surface area contributed by atoms with Gasteiger partial charge in [0.05, 0.1) is 6.61 Å². The third kappa shape index (κ3) is 6.31. The van der Waals surface area contributed by atoms with Crippen LogP contribution in [0, 0.1) is 0 Å². The van der Waals surface area contributed by atoms with Gasteiger partial charge in [-0.1, -0.05) is 0 Å². The molecule has 0 saturated heterocycles. The van der Waals surface area contributed by atoms with Crippen LogP contribution in [-0.4, -0.2) is 23.1 Å². The summed E-state index contributed by atoms with van der Waals surface area (Å²) in [4.78, 5) is 16.9. The standard InChI is InChI=1S/C3H10O3P/c1-3-6-7(2,4)5/h4-5H,3H2,1-2H3/q+1. The molecule has 0 rings (SSSR count). The molecule has 0 aliphatic heterocycles. The largest absolute Gasteiger partial charge is 0.403 e. The van der Waals surface area contributed by atoms with Crippen molar-refractivity contribution >= 4 is 7.94 Å². The van der Waals surface area contributed by atoms with Gasteiger partial charge in [-0.25, -0.2) is 0 Å². The van der Waals surface area contributed by atoms with Crippen molar-refractivity contribution in [1.29, 1.82) is 0 Å². The van der Waals surface area contributed by atoms with Gasteiger partial charge in [0.15, 0.2) is 0 Å². The van der Waals surface area contributed by atoms with Crippen molar-refractivity contribution in [3.8, 4) is 0 Å². The molecule has 7 heavy (non-hydrogen) atoms. The fraction of sp³-hybridized carbons (Fsp3) is 1.00. The van der Waals surface area contributed by atoms with Gasteiger partial charge < -0.3 is 0 Å². The predicted molar refractivity (Wildman–Crippen MR) is 28.9 cm³/mol. The van der Waals surface area contributed by atoms with Crippen molar-refractivity contribution < 1.29 is 14.3 Å². The van der Waals surface area contributed by atoms with Crippen LogP contribution in [0.2, 0.25) is 0 Å². The molecule has 0 fully saturated rings. The lowest BCUT2D eigenvalue weighted by Crippen LogP contribution is -1.92. The maximum absolute atomic E-state index is 8.46. The summed E-state index contributed by atoms with van der Waals surface area (Å²) in [6.07, 6.45) is 0. The molecule has 3 nitrogen and oxygen atoms in total. The molecule has 4 heteroatoms. The van der Waals surface area contributed by atoms with E-state index in [1.165, 1.54) is 6.66 Å². The van der Waals surface area contributed by atoms with Crippen LogP contribution in [-0.2, 0) is 4.52 Å². The fourth-order valence-electron chi connectivity index (χ4n) is 0.245. The second-order valence-corrected chi connectivity index (χ2v) is 3.18. The maximum Gasteiger partial charge on any atom is 0.403 e. The average molecular weight is 125 g/mol. The zero-order valence-electron chi connectivity index (χ0n) is 4.46. The van der Waals surface area contributed by atoms with Crippen molar-refractivity contribution in [2.75, 3.05) is 13.3 Å². The highest BCUT2D eigenvalue weighted by Crippen LogP contribution is 2.45. The van der Waals surface area contributed by atoms with E-state index < -0.39 is 7.94 Å². The van der Waals surface area contributed by atoms with Crippen molar-refractivity contribution in [1.82, 2.24) is 0 Å². The smallest absolute Gasteiger partial charge is 0.193 e. The summed E-state index contributed by atoms with van der Waals surface area (Å²) in [5.41, 5.74) is 0. The first kappa shape index (κ1) is 7.31. The number of rotatable bonds is 2. The van der Waals surface area contributed by atoms with E-state index >= 15 is 0 Å². The second-order valence-electron chi connectivity index (χ2n) is 1.25. The van der Waals surface area contributed by atoms with Gasteiger partial charge in [0.25, 0.3) is 0 Å². The third-order valence-corrected chi connectivity index (χ3v) is 1.12. The Kier molecular flexibility index (Phi) is 2.69. The van der Waals surface area contributed by atoms with Crippen LogP contribution >= 0.6 is 7.94 Å². The van der Waals surface area contributed by atoms with E-state index in [9.17, 15) is 0 Å². The Bertz CT molecular complexity index is 48.6. The lowest BCUT2D eigenvalue weighted by Gasteiger charge is -2.00. The predicted octanol–water partition coefficient (Wildman–Crippen LogP) is 0.400. The zero-order chi connectivity index (χ0) is 5.91. The highest BCUT2D eigenvalue weighted by molar-refractivity contribution is 7.58. The van der Waals surface area contributed by atoms with E-state index in [0.717, 1.165) is 0 Å². The van der Waals surface area contributed by atoms with Crippen molar-refractivity contribution in [2.24, 2.45) is 0 Å². The van der Waals surface area contributed by atoms with Crippen molar-refractivity contribution in [2.45, 2.75) is 6.92 Å². The summed E-state index contributed by atoms with van der Waals surface area (Å²) in [6.45, 7) is 3.35. The summed E-state index contributed by atoms with van der Waals surface area (Å²) in [5, 5.41) is 0. The lowest BCUT2D eigenvalue weighted by atomic mass is 10.9. The molecule has 0 aromatic rings. The molecular weight excluding hydrogens is 115 g/mol. The molecule has 2 N–H and O–H groups in total. The molecule has 0 aromatic carbocycles. The molecule has 0 heterocycles. The molecule has 0 aliphatic carbocycles. The molecule has 0 atom stereocenters. The Morgan fingerprint density at radius 3 is 2.00 bits per heavy atom. The van der Waals surface area contributed by atoms with Gasteiger partial charge in [-0.05, 0) is 6.92 Å². The van der Waals surface area contributed by atoms with E-state index in [0.29, 0.717) is 6.61 Å². The average Bonchev–Trinajstić information content (AvgIpc) is 1.30. The fourth-order valence-corrected chi connectivity index (χ4v) is 0.734. The first-order chi connectivity index (χ1) is 3.06. The number of hydrogen-bond donors (Lipinski definition) is 2. The highest BCUT2D eigenvalue weighted by atomic mass is 31.2. The van der Waals surface area contributed by atoms with Crippen LogP contribution in [0.3, 0.4) is 0 Å². The summed E-state index contributed by atoms with van der Waals surface area (Å²) < 4.78 is 4.45. The van der Waals surface area contributed by atoms with Crippen LogP contribution in [0.25, 0.3) is 0 Å². The van der Waals surface area contributed by atoms with E-state index in [1.807, 2.05) is 0 Å². The van der Waals surface area contributed by atoms with Gasteiger partial charge in [-0.2, -0.15) is 14.3 Å². The molecule has 0 saturated carbocycles. The lowest BCUT2D eigenvalue weighted by molar-refractivity contribution is 0.247. The Labute approximate surface area is 43.5 Å². The molecule has 44 valence electrons. The van der Waals surface area contributed by atoms with E-state index in [4.69, 9.17) is 9.79 Å². The Hall–Kier alpha value is 0.310. The summed E-state index contributed by atoms with van der Waals surface area (Å²) in [6, 6.07) is 0. The zero-order valence-corrected chi connectivity index (χ0v) is 5.35. The Morgan fingerprint density at radius 1 is 1.57 bits per heavy atom. The van der Waals surface area contributed by atoms with Crippen LogP contribution in [0.5, 0.6) is 0 Å². The second kappa shape index (κ2) is 2.58.